The van der Waals surface area contributed by atoms with Gasteiger partial charge in [0.05, 0.1) is 0 Å². The molecule has 19 heavy (non-hydrogen) atoms. The molecular weight excluding hydrogens is 258 g/mol. The van der Waals surface area contributed by atoms with E-state index < -0.39 is 0 Å². The Morgan fingerprint density at radius 2 is 1.95 bits per heavy atom. The molecule has 0 aliphatic heterocycles. The summed E-state index contributed by atoms with van der Waals surface area (Å²) in [6.45, 7) is 6.31. The van der Waals surface area contributed by atoms with E-state index in [9.17, 15) is 0 Å². The van der Waals surface area contributed by atoms with Crippen LogP contribution >= 0.6 is 11.6 Å². The topological polar surface area (TPSA) is 51.8 Å². The molecule has 0 saturated heterocycles. The number of benzene rings is 1. The standard InChI is InChI=1S/C15H18ClN3/c1-9(2)6-12-8-14(17)19-15(18-12)13-5-4-11(16)7-10(13)3/h4-5,7-9H,6H2,1-3H3,(H2,17,18,19). The van der Waals surface area contributed by atoms with Crippen molar-refractivity contribution in [2.45, 2.75) is 27.2 Å². The van der Waals surface area contributed by atoms with Crippen LogP contribution in [0.3, 0.4) is 0 Å². The number of anilines is 1. The first-order valence-corrected chi connectivity index (χ1v) is 6.73. The van der Waals surface area contributed by atoms with Gasteiger partial charge in [-0.05, 0) is 43.0 Å². The second-order valence-electron chi connectivity index (χ2n) is 5.16. The minimum absolute atomic E-state index is 0.509. The third-order valence-corrected chi connectivity index (χ3v) is 3.08. The molecule has 0 unspecified atom stereocenters. The summed E-state index contributed by atoms with van der Waals surface area (Å²) in [6, 6.07) is 7.53. The van der Waals surface area contributed by atoms with Crippen LogP contribution in [0.25, 0.3) is 11.4 Å². The lowest BCUT2D eigenvalue weighted by atomic mass is 10.1. The Kier molecular flexibility index (Phi) is 4.05. The zero-order valence-corrected chi connectivity index (χ0v) is 12.2. The molecule has 1 heterocycles. The van der Waals surface area contributed by atoms with Gasteiger partial charge < -0.3 is 5.73 Å². The second kappa shape index (κ2) is 5.57. The van der Waals surface area contributed by atoms with E-state index in [1.807, 2.05) is 31.2 Å². The number of halogens is 1. The molecule has 2 aromatic rings. The van der Waals surface area contributed by atoms with Gasteiger partial charge in [-0.3, -0.25) is 0 Å². The predicted octanol–water partition coefficient (Wildman–Crippen LogP) is 3.89. The summed E-state index contributed by atoms with van der Waals surface area (Å²) in [5, 5.41) is 0.715. The number of hydrogen-bond acceptors (Lipinski definition) is 3. The summed E-state index contributed by atoms with van der Waals surface area (Å²) in [5.41, 5.74) is 8.88. The van der Waals surface area contributed by atoms with Gasteiger partial charge in [-0.25, -0.2) is 9.97 Å². The van der Waals surface area contributed by atoms with Crippen molar-refractivity contribution in [1.82, 2.24) is 9.97 Å². The fourth-order valence-corrected chi connectivity index (χ4v) is 2.27. The Morgan fingerprint density at radius 3 is 2.58 bits per heavy atom. The number of nitrogens with zero attached hydrogens (tertiary/aromatic N) is 2. The van der Waals surface area contributed by atoms with E-state index >= 15 is 0 Å². The molecule has 100 valence electrons. The summed E-state index contributed by atoms with van der Waals surface area (Å²) in [7, 11) is 0. The maximum absolute atomic E-state index is 5.97. The van der Waals surface area contributed by atoms with Gasteiger partial charge in [-0.1, -0.05) is 25.4 Å². The van der Waals surface area contributed by atoms with Crippen LogP contribution in [0.15, 0.2) is 24.3 Å². The molecule has 0 bridgehead atoms. The minimum atomic E-state index is 0.509. The van der Waals surface area contributed by atoms with Crippen molar-refractivity contribution in [3.63, 3.8) is 0 Å². The molecular formula is C15H18ClN3. The molecule has 2 N–H and O–H groups in total. The third kappa shape index (κ3) is 3.44. The average Bonchev–Trinajstić information content (AvgIpc) is 2.26. The lowest BCUT2D eigenvalue weighted by molar-refractivity contribution is 0.635. The second-order valence-corrected chi connectivity index (χ2v) is 5.60. The molecule has 0 saturated carbocycles. The van der Waals surface area contributed by atoms with Crippen molar-refractivity contribution in [2.24, 2.45) is 5.92 Å². The maximum atomic E-state index is 5.97. The van der Waals surface area contributed by atoms with E-state index in [0.717, 1.165) is 23.2 Å². The Balaban J connectivity index is 2.46. The van der Waals surface area contributed by atoms with Crippen LogP contribution in [0, 0.1) is 12.8 Å². The average molecular weight is 276 g/mol. The van der Waals surface area contributed by atoms with Crippen molar-refractivity contribution in [3.05, 3.63) is 40.5 Å². The Morgan fingerprint density at radius 1 is 1.21 bits per heavy atom. The monoisotopic (exact) mass is 275 g/mol. The smallest absolute Gasteiger partial charge is 0.162 e. The molecule has 2 rings (SSSR count). The maximum Gasteiger partial charge on any atom is 0.162 e. The molecule has 0 spiro atoms. The quantitative estimate of drug-likeness (QED) is 0.925. The van der Waals surface area contributed by atoms with E-state index in [-0.39, 0.29) is 0 Å². The highest BCUT2D eigenvalue weighted by Crippen LogP contribution is 2.24. The first-order chi connectivity index (χ1) is 8.95. The van der Waals surface area contributed by atoms with E-state index in [4.69, 9.17) is 17.3 Å². The van der Waals surface area contributed by atoms with E-state index in [1.165, 1.54) is 0 Å². The molecule has 0 atom stereocenters. The highest BCUT2D eigenvalue weighted by Gasteiger charge is 2.09. The van der Waals surface area contributed by atoms with Crippen LogP contribution in [-0.2, 0) is 6.42 Å². The Bertz CT molecular complexity index is 594. The number of nitrogens with two attached hydrogens (primary N) is 1. The van der Waals surface area contributed by atoms with Crippen LogP contribution in [0.1, 0.15) is 25.1 Å². The van der Waals surface area contributed by atoms with Gasteiger partial charge in [0.2, 0.25) is 0 Å². The highest BCUT2D eigenvalue weighted by atomic mass is 35.5. The number of aryl methyl sites for hydroxylation is 1. The molecule has 3 nitrogen and oxygen atoms in total. The first kappa shape index (κ1) is 13.8. The van der Waals surface area contributed by atoms with Gasteiger partial charge in [0.1, 0.15) is 5.82 Å². The molecule has 1 aromatic carbocycles. The van der Waals surface area contributed by atoms with Crippen LogP contribution < -0.4 is 5.73 Å². The van der Waals surface area contributed by atoms with Crippen LogP contribution in [-0.4, -0.2) is 9.97 Å². The summed E-state index contributed by atoms with van der Waals surface area (Å²) in [6.07, 6.45) is 0.895. The van der Waals surface area contributed by atoms with Crippen molar-refractivity contribution in [2.75, 3.05) is 5.73 Å². The Labute approximate surface area is 118 Å². The number of rotatable bonds is 3. The molecule has 4 heteroatoms. The van der Waals surface area contributed by atoms with Gasteiger partial charge in [0.25, 0.3) is 0 Å². The first-order valence-electron chi connectivity index (χ1n) is 6.35. The summed E-state index contributed by atoms with van der Waals surface area (Å²) in [5.74, 6) is 1.72. The zero-order valence-electron chi connectivity index (χ0n) is 11.4. The van der Waals surface area contributed by atoms with Gasteiger partial charge >= 0.3 is 0 Å². The number of nitrogen functional groups attached to an aromatic ring is 1. The van der Waals surface area contributed by atoms with Gasteiger partial charge in [-0.15, -0.1) is 0 Å². The molecule has 1 aromatic heterocycles. The number of aromatic nitrogens is 2. The SMILES string of the molecule is Cc1cc(Cl)ccc1-c1nc(N)cc(CC(C)C)n1. The summed E-state index contributed by atoms with van der Waals surface area (Å²) < 4.78 is 0. The van der Waals surface area contributed by atoms with Crippen molar-refractivity contribution in [1.29, 1.82) is 0 Å². The minimum Gasteiger partial charge on any atom is -0.384 e. The third-order valence-electron chi connectivity index (χ3n) is 2.85. The van der Waals surface area contributed by atoms with Crippen LogP contribution in [0.4, 0.5) is 5.82 Å². The zero-order chi connectivity index (χ0) is 14.0. The van der Waals surface area contributed by atoms with Crippen LogP contribution in [0.5, 0.6) is 0 Å². The lowest BCUT2D eigenvalue weighted by Gasteiger charge is -2.09. The molecule has 0 radical (unpaired) electrons. The molecule has 0 fully saturated rings. The normalized spacial score (nSPS) is 11.0. The predicted molar refractivity (Wildman–Crippen MR) is 80.2 cm³/mol. The highest BCUT2D eigenvalue weighted by molar-refractivity contribution is 6.30. The van der Waals surface area contributed by atoms with E-state index in [0.29, 0.717) is 22.6 Å². The molecule has 0 aliphatic carbocycles. The van der Waals surface area contributed by atoms with Crippen molar-refractivity contribution < 1.29 is 0 Å². The van der Waals surface area contributed by atoms with Crippen molar-refractivity contribution in [3.8, 4) is 11.4 Å². The van der Waals surface area contributed by atoms with Crippen molar-refractivity contribution >= 4 is 17.4 Å². The van der Waals surface area contributed by atoms with Gasteiger partial charge in [-0.2, -0.15) is 0 Å². The summed E-state index contributed by atoms with van der Waals surface area (Å²) >= 11 is 5.97. The number of hydrogen-bond donors (Lipinski definition) is 1. The fraction of sp³-hybridized carbons (Fsp3) is 0.333. The van der Waals surface area contributed by atoms with Gasteiger partial charge in [0.15, 0.2) is 5.82 Å². The summed E-state index contributed by atoms with van der Waals surface area (Å²) in [4.78, 5) is 8.93. The molecule has 0 aliphatic rings. The largest absolute Gasteiger partial charge is 0.384 e. The lowest BCUT2D eigenvalue weighted by Crippen LogP contribution is -2.04. The van der Waals surface area contributed by atoms with E-state index in [2.05, 4.69) is 23.8 Å². The van der Waals surface area contributed by atoms with Gasteiger partial charge in [0, 0.05) is 22.3 Å². The fourth-order valence-electron chi connectivity index (χ4n) is 2.04. The molecule has 0 amide bonds. The van der Waals surface area contributed by atoms with E-state index in [1.54, 1.807) is 0 Å². The Hall–Kier alpha value is -1.61. The van der Waals surface area contributed by atoms with Crippen LogP contribution in [0.2, 0.25) is 5.02 Å².